The minimum atomic E-state index is 0.864. The van der Waals surface area contributed by atoms with Crippen LogP contribution >= 0.6 is 0 Å². The van der Waals surface area contributed by atoms with Crippen LogP contribution in [0.5, 0.6) is 0 Å². The van der Waals surface area contributed by atoms with Crippen molar-refractivity contribution in [3.05, 3.63) is 66.7 Å². The second kappa shape index (κ2) is 4.98. The molecular formula is C16H15N3. The van der Waals surface area contributed by atoms with E-state index in [9.17, 15) is 0 Å². The van der Waals surface area contributed by atoms with E-state index < -0.39 is 0 Å². The van der Waals surface area contributed by atoms with Crippen molar-refractivity contribution in [3.8, 4) is 16.9 Å². The first kappa shape index (κ1) is 11.5. The van der Waals surface area contributed by atoms with E-state index >= 15 is 0 Å². The summed E-state index contributed by atoms with van der Waals surface area (Å²) in [4.78, 5) is 0. The number of hydrogen-bond donors (Lipinski definition) is 1. The summed E-state index contributed by atoms with van der Waals surface area (Å²) in [5.74, 6) is 0.864. The highest BCUT2D eigenvalue weighted by atomic mass is 15.3. The molecule has 0 aliphatic heterocycles. The third-order valence-electron chi connectivity index (χ3n) is 3.04. The molecule has 19 heavy (non-hydrogen) atoms. The lowest BCUT2D eigenvalue weighted by Crippen LogP contribution is -1.99. The zero-order chi connectivity index (χ0) is 13.1. The molecule has 2 aromatic carbocycles. The Morgan fingerprint density at radius 3 is 2.16 bits per heavy atom. The standard InChI is InChI=1S/C16H15N3/c1-17-16-12-15(13-8-4-2-5-9-13)19(18-16)14-10-6-3-7-11-14/h2-12H,1H3,(H,17,18). The van der Waals surface area contributed by atoms with Crippen molar-refractivity contribution >= 4 is 5.82 Å². The highest BCUT2D eigenvalue weighted by Crippen LogP contribution is 2.25. The lowest BCUT2D eigenvalue weighted by atomic mass is 10.1. The third-order valence-corrected chi connectivity index (χ3v) is 3.04. The lowest BCUT2D eigenvalue weighted by Gasteiger charge is -2.06. The molecule has 0 spiro atoms. The SMILES string of the molecule is CNc1cc(-c2ccccc2)n(-c2ccccc2)n1. The molecule has 0 amide bonds. The Hall–Kier alpha value is -2.55. The molecule has 1 N–H and O–H groups in total. The predicted molar refractivity (Wildman–Crippen MR) is 78.5 cm³/mol. The fourth-order valence-electron chi connectivity index (χ4n) is 2.08. The smallest absolute Gasteiger partial charge is 0.148 e. The fourth-order valence-corrected chi connectivity index (χ4v) is 2.08. The van der Waals surface area contributed by atoms with Crippen molar-refractivity contribution in [2.75, 3.05) is 12.4 Å². The van der Waals surface area contributed by atoms with Gasteiger partial charge in [0.15, 0.2) is 0 Å². The summed E-state index contributed by atoms with van der Waals surface area (Å²) < 4.78 is 1.96. The number of benzene rings is 2. The highest BCUT2D eigenvalue weighted by molar-refractivity contribution is 5.65. The zero-order valence-corrected chi connectivity index (χ0v) is 10.7. The van der Waals surface area contributed by atoms with E-state index in [-0.39, 0.29) is 0 Å². The molecule has 0 fully saturated rings. The Morgan fingerprint density at radius 2 is 1.53 bits per heavy atom. The molecule has 3 nitrogen and oxygen atoms in total. The summed E-state index contributed by atoms with van der Waals surface area (Å²) >= 11 is 0. The first-order valence-electron chi connectivity index (χ1n) is 6.27. The van der Waals surface area contributed by atoms with Gasteiger partial charge in [0.2, 0.25) is 0 Å². The maximum atomic E-state index is 4.58. The van der Waals surface area contributed by atoms with Gasteiger partial charge in [0, 0.05) is 18.7 Å². The van der Waals surface area contributed by atoms with Gasteiger partial charge in [0.25, 0.3) is 0 Å². The summed E-state index contributed by atoms with van der Waals surface area (Å²) in [6.07, 6.45) is 0. The quantitative estimate of drug-likeness (QED) is 0.769. The number of anilines is 1. The maximum absolute atomic E-state index is 4.58. The van der Waals surface area contributed by atoms with E-state index in [0.717, 1.165) is 22.8 Å². The summed E-state index contributed by atoms with van der Waals surface area (Å²) in [6.45, 7) is 0. The Labute approximate surface area is 112 Å². The van der Waals surface area contributed by atoms with Crippen molar-refractivity contribution in [1.29, 1.82) is 0 Å². The summed E-state index contributed by atoms with van der Waals surface area (Å²) in [5, 5.41) is 7.68. The van der Waals surface area contributed by atoms with E-state index in [1.165, 1.54) is 0 Å². The van der Waals surface area contributed by atoms with E-state index in [0.29, 0.717) is 0 Å². The van der Waals surface area contributed by atoms with Gasteiger partial charge < -0.3 is 5.32 Å². The van der Waals surface area contributed by atoms with Gasteiger partial charge in [-0.05, 0) is 12.1 Å². The number of rotatable bonds is 3. The van der Waals surface area contributed by atoms with Crippen molar-refractivity contribution in [2.24, 2.45) is 0 Å². The first-order chi connectivity index (χ1) is 9.38. The van der Waals surface area contributed by atoms with Crippen molar-refractivity contribution in [2.45, 2.75) is 0 Å². The number of hydrogen-bond acceptors (Lipinski definition) is 2. The molecule has 1 heterocycles. The lowest BCUT2D eigenvalue weighted by molar-refractivity contribution is 0.890. The van der Waals surface area contributed by atoms with Crippen LogP contribution < -0.4 is 5.32 Å². The van der Waals surface area contributed by atoms with Crippen LogP contribution in [0.15, 0.2) is 66.7 Å². The van der Waals surface area contributed by atoms with Gasteiger partial charge in [0.05, 0.1) is 11.4 Å². The normalized spacial score (nSPS) is 10.4. The second-order valence-corrected chi connectivity index (χ2v) is 4.28. The molecule has 0 atom stereocenters. The van der Waals surface area contributed by atoms with Gasteiger partial charge >= 0.3 is 0 Å². The van der Waals surface area contributed by atoms with Crippen LogP contribution in [0.25, 0.3) is 16.9 Å². The van der Waals surface area contributed by atoms with E-state index in [4.69, 9.17) is 0 Å². The molecule has 0 bridgehead atoms. The van der Waals surface area contributed by atoms with Crippen molar-refractivity contribution in [3.63, 3.8) is 0 Å². The van der Waals surface area contributed by atoms with Gasteiger partial charge in [-0.25, -0.2) is 4.68 Å². The highest BCUT2D eigenvalue weighted by Gasteiger charge is 2.10. The number of aromatic nitrogens is 2. The molecule has 0 radical (unpaired) electrons. The van der Waals surface area contributed by atoms with Crippen molar-refractivity contribution in [1.82, 2.24) is 9.78 Å². The number of nitrogens with one attached hydrogen (secondary N) is 1. The summed E-state index contributed by atoms with van der Waals surface area (Å²) in [5.41, 5.74) is 3.29. The average molecular weight is 249 g/mol. The maximum Gasteiger partial charge on any atom is 0.148 e. The molecule has 0 aliphatic carbocycles. The molecule has 94 valence electrons. The Bertz CT molecular complexity index is 600. The Balaban J connectivity index is 2.17. The van der Waals surface area contributed by atoms with Crippen LogP contribution in [0.2, 0.25) is 0 Å². The molecule has 0 saturated heterocycles. The fraction of sp³-hybridized carbons (Fsp3) is 0.0625. The van der Waals surface area contributed by atoms with Gasteiger partial charge in [-0.3, -0.25) is 0 Å². The van der Waals surface area contributed by atoms with Gasteiger partial charge in [0.1, 0.15) is 5.82 Å². The Kier molecular flexibility index (Phi) is 3.02. The molecule has 0 saturated carbocycles. The average Bonchev–Trinajstić information content (AvgIpc) is 2.93. The first-order valence-corrected chi connectivity index (χ1v) is 6.27. The van der Waals surface area contributed by atoms with Crippen LogP contribution in [-0.4, -0.2) is 16.8 Å². The van der Waals surface area contributed by atoms with E-state index in [1.807, 2.05) is 48.1 Å². The second-order valence-electron chi connectivity index (χ2n) is 4.28. The molecular weight excluding hydrogens is 234 g/mol. The van der Waals surface area contributed by atoms with Gasteiger partial charge in [-0.1, -0.05) is 48.5 Å². The van der Waals surface area contributed by atoms with E-state index in [2.05, 4.69) is 40.7 Å². The molecule has 0 aliphatic rings. The number of nitrogens with zero attached hydrogens (tertiary/aromatic N) is 2. The Morgan fingerprint density at radius 1 is 0.895 bits per heavy atom. The van der Waals surface area contributed by atoms with Crippen molar-refractivity contribution < 1.29 is 0 Å². The van der Waals surface area contributed by atoms with Gasteiger partial charge in [-0.15, -0.1) is 5.10 Å². The topological polar surface area (TPSA) is 29.9 Å². The summed E-state index contributed by atoms with van der Waals surface area (Å²) in [7, 11) is 1.88. The molecule has 0 unspecified atom stereocenters. The van der Waals surface area contributed by atoms with Crippen LogP contribution in [0, 0.1) is 0 Å². The van der Waals surface area contributed by atoms with Crippen LogP contribution in [-0.2, 0) is 0 Å². The number of para-hydroxylation sites is 1. The molecule has 3 rings (SSSR count). The molecule has 3 aromatic rings. The zero-order valence-electron chi connectivity index (χ0n) is 10.7. The minimum absolute atomic E-state index is 0.864. The van der Waals surface area contributed by atoms with E-state index in [1.54, 1.807) is 0 Å². The largest absolute Gasteiger partial charge is 0.372 e. The third kappa shape index (κ3) is 2.22. The summed E-state index contributed by atoms with van der Waals surface area (Å²) in [6, 6.07) is 22.5. The monoisotopic (exact) mass is 249 g/mol. The van der Waals surface area contributed by atoms with Crippen LogP contribution in [0.1, 0.15) is 0 Å². The van der Waals surface area contributed by atoms with Crippen LogP contribution in [0.4, 0.5) is 5.82 Å². The molecule has 1 aromatic heterocycles. The minimum Gasteiger partial charge on any atom is -0.372 e. The molecule has 3 heteroatoms. The van der Waals surface area contributed by atoms with Gasteiger partial charge in [-0.2, -0.15) is 0 Å². The van der Waals surface area contributed by atoms with Crippen LogP contribution in [0.3, 0.4) is 0 Å². The predicted octanol–water partition coefficient (Wildman–Crippen LogP) is 3.58.